The second-order valence-electron chi connectivity index (χ2n) is 7.79. The first-order valence-electron chi connectivity index (χ1n) is 10.2. The highest BCUT2D eigenvalue weighted by molar-refractivity contribution is 5.82. The van der Waals surface area contributed by atoms with Crippen LogP contribution in [0.1, 0.15) is 45.4 Å². The lowest BCUT2D eigenvalue weighted by molar-refractivity contribution is -0.135. The van der Waals surface area contributed by atoms with Gasteiger partial charge in [0.25, 0.3) is 0 Å². The van der Waals surface area contributed by atoms with E-state index in [0.29, 0.717) is 5.91 Å². The van der Waals surface area contributed by atoms with Gasteiger partial charge >= 0.3 is 0 Å². The summed E-state index contributed by atoms with van der Waals surface area (Å²) in [6, 6.07) is 0.00812. The molecule has 3 fully saturated rings. The number of carbonyl (C=O) groups is 1. The maximum atomic E-state index is 12.6. The van der Waals surface area contributed by atoms with Gasteiger partial charge in [-0.15, -0.1) is 0 Å². The van der Waals surface area contributed by atoms with Crippen LogP contribution in [-0.4, -0.2) is 85.5 Å². The Morgan fingerprint density at radius 2 is 1.76 bits per heavy atom. The number of nitrogens with zero attached hydrogens (tertiary/aromatic N) is 4. The fourth-order valence-electron chi connectivity index (χ4n) is 4.01. The minimum absolute atomic E-state index is 0.00812. The van der Waals surface area contributed by atoms with Gasteiger partial charge in [0.05, 0.1) is 6.04 Å². The molecule has 1 amide bonds. The Morgan fingerprint density at radius 3 is 2.36 bits per heavy atom. The average molecular weight is 350 g/mol. The fourth-order valence-corrected chi connectivity index (χ4v) is 4.01. The van der Waals surface area contributed by atoms with Gasteiger partial charge < -0.3 is 15.1 Å². The second kappa shape index (κ2) is 8.88. The number of likely N-dealkylation sites (tertiary alicyclic amines) is 1. The lowest BCUT2D eigenvalue weighted by Crippen LogP contribution is -2.57. The molecule has 3 aliphatic rings. The van der Waals surface area contributed by atoms with Crippen molar-refractivity contribution in [3.63, 3.8) is 0 Å². The summed E-state index contributed by atoms with van der Waals surface area (Å²) in [7, 11) is 1.87. The molecule has 2 aliphatic heterocycles. The Kier molecular flexibility index (Phi) is 6.57. The van der Waals surface area contributed by atoms with E-state index in [9.17, 15) is 4.79 Å². The average Bonchev–Trinajstić information content (AvgIpc) is 3.31. The van der Waals surface area contributed by atoms with Gasteiger partial charge in [0.1, 0.15) is 0 Å². The van der Waals surface area contributed by atoms with E-state index in [4.69, 9.17) is 0 Å². The van der Waals surface area contributed by atoms with Crippen LogP contribution in [0.15, 0.2) is 4.99 Å². The molecule has 3 rings (SSSR count). The van der Waals surface area contributed by atoms with Crippen LogP contribution in [0, 0.1) is 5.92 Å². The van der Waals surface area contributed by atoms with Crippen LogP contribution in [0.25, 0.3) is 0 Å². The SMILES string of the molecule is CN=C(NCCCC1CC1)N1CCN(C(C)C(=O)N2CCCC2)CC1. The van der Waals surface area contributed by atoms with E-state index in [1.165, 1.54) is 25.7 Å². The van der Waals surface area contributed by atoms with Gasteiger partial charge in [-0.25, -0.2) is 0 Å². The summed E-state index contributed by atoms with van der Waals surface area (Å²) >= 11 is 0. The number of carbonyl (C=O) groups excluding carboxylic acids is 1. The van der Waals surface area contributed by atoms with Crippen molar-refractivity contribution in [3.8, 4) is 0 Å². The number of guanidine groups is 1. The van der Waals surface area contributed by atoms with Gasteiger partial charge in [0.15, 0.2) is 5.96 Å². The van der Waals surface area contributed by atoms with E-state index >= 15 is 0 Å². The molecular weight excluding hydrogens is 314 g/mol. The van der Waals surface area contributed by atoms with Crippen LogP contribution < -0.4 is 5.32 Å². The van der Waals surface area contributed by atoms with Crippen LogP contribution in [0.4, 0.5) is 0 Å². The molecular formula is C19H35N5O. The molecule has 0 spiro atoms. The Balaban J connectivity index is 1.39. The van der Waals surface area contributed by atoms with E-state index in [2.05, 4.69) is 27.0 Å². The standard InChI is InChI=1S/C19H35N5O/c1-16(18(25)23-10-3-4-11-23)22-12-14-24(15-13-22)19(20-2)21-9-5-6-17-7-8-17/h16-17H,3-15H2,1-2H3,(H,20,21). The predicted molar refractivity (Wildman–Crippen MR) is 102 cm³/mol. The molecule has 0 aromatic heterocycles. The summed E-state index contributed by atoms with van der Waals surface area (Å²) in [6.07, 6.45) is 7.79. The molecule has 1 aliphatic carbocycles. The number of hydrogen-bond donors (Lipinski definition) is 1. The van der Waals surface area contributed by atoms with Crippen molar-refractivity contribution >= 4 is 11.9 Å². The highest BCUT2D eigenvalue weighted by Gasteiger charge is 2.30. The van der Waals surface area contributed by atoms with Gasteiger partial charge in [-0.1, -0.05) is 12.8 Å². The Hall–Kier alpha value is -1.30. The van der Waals surface area contributed by atoms with E-state index in [1.54, 1.807) is 0 Å². The van der Waals surface area contributed by atoms with Crippen molar-refractivity contribution in [2.24, 2.45) is 10.9 Å². The molecule has 6 nitrogen and oxygen atoms in total. The van der Waals surface area contributed by atoms with Crippen LogP contribution in [0.2, 0.25) is 0 Å². The largest absolute Gasteiger partial charge is 0.356 e. The molecule has 25 heavy (non-hydrogen) atoms. The number of rotatable bonds is 6. The number of piperazine rings is 1. The van der Waals surface area contributed by atoms with E-state index in [-0.39, 0.29) is 6.04 Å². The van der Waals surface area contributed by atoms with Crippen LogP contribution in [0.5, 0.6) is 0 Å². The molecule has 0 bridgehead atoms. The minimum Gasteiger partial charge on any atom is -0.356 e. The zero-order chi connectivity index (χ0) is 17.6. The summed E-state index contributed by atoms with van der Waals surface area (Å²) in [4.78, 5) is 23.7. The Labute approximate surface area is 152 Å². The first-order chi connectivity index (χ1) is 12.2. The first-order valence-corrected chi connectivity index (χ1v) is 10.2. The summed E-state index contributed by atoms with van der Waals surface area (Å²) in [5.74, 6) is 2.34. The van der Waals surface area contributed by atoms with Crippen molar-refractivity contribution < 1.29 is 4.79 Å². The van der Waals surface area contributed by atoms with Crippen molar-refractivity contribution in [2.45, 2.75) is 51.5 Å². The second-order valence-corrected chi connectivity index (χ2v) is 7.79. The van der Waals surface area contributed by atoms with Gasteiger partial charge in [0.2, 0.25) is 5.91 Å². The molecule has 0 radical (unpaired) electrons. The molecule has 0 aromatic carbocycles. The first kappa shape index (κ1) is 18.5. The molecule has 1 atom stereocenters. The summed E-state index contributed by atoms with van der Waals surface area (Å²) < 4.78 is 0. The molecule has 0 aromatic rings. The zero-order valence-corrected chi connectivity index (χ0v) is 16.0. The summed E-state index contributed by atoms with van der Waals surface area (Å²) in [5.41, 5.74) is 0. The lowest BCUT2D eigenvalue weighted by atomic mass is 10.2. The minimum atomic E-state index is 0.00812. The van der Waals surface area contributed by atoms with Gasteiger partial charge in [-0.05, 0) is 38.5 Å². The van der Waals surface area contributed by atoms with Gasteiger partial charge in [-0.2, -0.15) is 0 Å². The molecule has 1 saturated carbocycles. The Bertz CT molecular complexity index is 462. The van der Waals surface area contributed by atoms with E-state index in [1.807, 2.05) is 11.9 Å². The predicted octanol–water partition coefficient (Wildman–Crippen LogP) is 1.38. The Morgan fingerprint density at radius 1 is 1.08 bits per heavy atom. The number of amides is 1. The van der Waals surface area contributed by atoms with E-state index < -0.39 is 0 Å². The van der Waals surface area contributed by atoms with Crippen LogP contribution in [0.3, 0.4) is 0 Å². The summed E-state index contributed by atoms with van der Waals surface area (Å²) in [6.45, 7) is 8.74. The third kappa shape index (κ3) is 5.09. The zero-order valence-electron chi connectivity index (χ0n) is 16.0. The van der Waals surface area contributed by atoms with Crippen LogP contribution in [-0.2, 0) is 4.79 Å². The van der Waals surface area contributed by atoms with Crippen molar-refractivity contribution in [1.82, 2.24) is 20.0 Å². The maximum Gasteiger partial charge on any atom is 0.239 e. The third-order valence-electron chi connectivity index (χ3n) is 5.92. The van der Waals surface area contributed by atoms with Crippen molar-refractivity contribution in [2.75, 3.05) is 52.9 Å². The monoisotopic (exact) mass is 349 g/mol. The quantitative estimate of drug-likeness (QED) is 0.447. The highest BCUT2D eigenvalue weighted by Crippen LogP contribution is 2.33. The van der Waals surface area contributed by atoms with Gasteiger partial charge in [0, 0.05) is 52.9 Å². The van der Waals surface area contributed by atoms with Crippen LogP contribution >= 0.6 is 0 Å². The van der Waals surface area contributed by atoms with Crippen molar-refractivity contribution in [1.29, 1.82) is 0 Å². The molecule has 1 N–H and O–H groups in total. The third-order valence-corrected chi connectivity index (χ3v) is 5.92. The number of aliphatic imine (C=N–C) groups is 1. The molecule has 6 heteroatoms. The van der Waals surface area contributed by atoms with E-state index in [0.717, 1.165) is 70.5 Å². The smallest absolute Gasteiger partial charge is 0.239 e. The molecule has 2 heterocycles. The lowest BCUT2D eigenvalue weighted by Gasteiger charge is -2.39. The number of nitrogens with one attached hydrogen (secondary N) is 1. The highest BCUT2D eigenvalue weighted by atomic mass is 16.2. The fraction of sp³-hybridized carbons (Fsp3) is 0.895. The number of hydrogen-bond acceptors (Lipinski definition) is 3. The molecule has 1 unspecified atom stereocenters. The normalized spacial score (nSPS) is 23.8. The molecule has 2 saturated heterocycles. The maximum absolute atomic E-state index is 12.6. The topological polar surface area (TPSA) is 51.2 Å². The van der Waals surface area contributed by atoms with Crippen molar-refractivity contribution in [3.05, 3.63) is 0 Å². The van der Waals surface area contributed by atoms with Gasteiger partial charge in [-0.3, -0.25) is 14.7 Å². The molecule has 142 valence electrons. The summed E-state index contributed by atoms with van der Waals surface area (Å²) in [5, 5.41) is 3.52.